The Balaban J connectivity index is 0.000000146. The minimum atomic E-state index is 0.796. The first kappa shape index (κ1) is 18.2. The van der Waals surface area contributed by atoms with E-state index >= 15 is 0 Å². The standard InChI is InChI=1S/C8H12BrN3O.C8H13N3O/c1-11-7(9)6-10-8(11)12-2-4-13-5-3-12;1-10-3-2-9-8(10)11-4-6-12-7-5-11/h6H,2-5H2,1H3;2-3H,4-7H2,1H3. The minimum absolute atomic E-state index is 0.796. The number of morpholine rings is 2. The smallest absolute Gasteiger partial charge is 0.206 e. The summed E-state index contributed by atoms with van der Waals surface area (Å²) in [7, 11) is 4.01. The molecular weight excluding hydrogens is 388 g/mol. The van der Waals surface area contributed by atoms with Crippen LogP contribution < -0.4 is 9.80 Å². The molecule has 2 aliphatic rings. The van der Waals surface area contributed by atoms with E-state index in [1.54, 1.807) is 0 Å². The van der Waals surface area contributed by atoms with Gasteiger partial charge in [0.2, 0.25) is 11.9 Å². The van der Waals surface area contributed by atoms with Crippen LogP contribution >= 0.6 is 15.9 Å². The molecule has 0 spiro atoms. The van der Waals surface area contributed by atoms with Gasteiger partial charge in [-0.15, -0.1) is 0 Å². The van der Waals surface area contributed by atoms with Gasteiger partial charge < -0.3 is 28.4 Å². The summed E-state index contributed by atoms with van der Waals surface area (Å²) in [5, 5.41) is 0. The summed E-state index contributed by atoms with van der Waals surface area (Å²) in [5.74, 6) is 2.05. The average Bonchev–Trinajstić information content (AvgIpc) is 3.23. The van der Waals surface area contributed by atoms with Crippen molar-refractivity contribution in [2.24, 2.45) is 14.1 Å². The van der Waals surface area contributed by atoms with Gasteiger partial charge in [-0.05, 0) is 15.9 Å². The van der Waals surface area contributed by atoms with E-state index in [9.17, 15) is 0 Å². The molecule has 2 aliphatic heterocycles. The molecule has 0 unspecified atom stereocenters. The maximum atomic E-state index is 5.28. The van der Waals surface area contributed by atoms with Gasteiger partial charge in [-0.2, -0.15) is 0 Å². The van der Waals surface area contributed by atoms with Crippen LogP contribution in [-0.2, 0) is 23.6 Å². The summed E-state index contributed by atoms with van der Waals surface area (Å²) in [6.45, 7) is 6.97. The van der Waals surface area contributed by atoms with Gasteiger partial charge in [-0.25, -0.2) is 9.97 Å². The van der Waals surface area contributed by atoms with Crippen LogP contribution in [0.2, 0.25) is 0 Å². The predicted octanol–water partition coefficient (Wildman–Crippen LogP) is 1.28. The van der Waals surface area contributed by atoms with Crippen LogP contribution in [0.25, 0.3) is 0 Å². The summed E-state index contributed by atoms with van der Waals surface area (Å²) in [4.78, 5) is 13.1. The molecule has 25 heavy (non-hydrogen) atoms. The van der Waals surface area contributed by atoms with Gasteiger partial charge in [0, 0.05) is 52.7 Å². The molecule has 2 aromatic heterocycles. The van der Waals surface area contributed by atoms with Crippen molar-refractivity contribution in [3.63, 3.8) is 0 Å². The number of ether oxygens (including phenoxy) is 2. The molecule has 0 bridgehead atoms. The highest BCUT2D eigenvalue weighted by Gasteiger charge is 2.16. The van der Waals surface area contributed by atoms with Crippen LogP contribution in [-0.4, -0.2) is 71.7 Å². The summed E-state index contributed by atoms with van der Waals surface area (Å²) in [6, 6.07) is 0. The van der Waals surface area contributed by atoms with E-state index in [2.05, 4.69) is 35.7 Å². The van der Waals surface area contributed by atoms with Crippen molar-refractivity contribution in [1.82, 2.24) is 19.1 Å². The van der Waals surface area contributed by atoms with E-state index in [1.807, 2.05) is 41.8 Å². The molecule has 0 N–H and O–H groups in total. The third-order valence-corrected chi connectivity index (χ3v) is 5.03. The van der Waals surface area contributed by atoms with Gasteiger partial charge in [0.15, 0.2) is 0 Å². The maximum Gasteiger partial charge on any atom is 0.206 e. The van der Waals surface area contributed by atoms with Crippen molar-refractivity contribution >= 4 is 27.8 Å². The second-order valence-electron chi connectivity index (χ2n) is 5.98. The highest BCUT2D eigenvalue weighted by Crippen LogP contribution is 2.18. The Morgan fingerprint density at radius 1 is 0.880 bits per heavy atom. The topological polar surface area (TPSA) is 60.6 Å². The zero-order valence-corrected chi connectivity index (χ0v) is 16.4. The second-order valence-corrected chi connectivity index (χ2v) is 6.79. The summed E-state index contributed by atoms with van der Waals surface area (Å²) >= 11 is 3.43. The zero-order valence-electron chi connectivity index (χ0n) is 14.8. The summed E-state index contributed by atoms with van der Waals surface area (Å²) in [6.07, 6.45) is 5.61. The quantitative estimate of drug-likeness (QED) is 0.740. The highest BCUT2D eigenvalue weighted by molar-refractivity contribution is 9.10. The number of anilines is 2. The number of imidazole rings is 2. The summed E-state index contributed by atoms with van der Waals surface area (Å²) in [5.41, 5.74) is 0. The van der Waals surface area contributed by atoms with Crippen LogP contribution in [0.15, 0.2) is 23.2 Å². The highest BCUT2D eigenvalue weighted by atomic mass is 79.9. The van der Waals surface area contributed by atoms with Crippen molar-refractivity contribution in [2.45, 2.75) is 0 Å². The van der Waals surface area contributed by atoms with Crippen molar-refractivity contribution in [3.8, 4) is 0 Å². The SMILES string of the molecule is Cn1c(Br)cnc1N1CCOCC1.Cn1ccnc1N1CCOCC1. The molecule has 9 heteroatoms. The number of aryl methyl sites for hydroxylation is 1. The van der Waals surface area contributed by atoms with Gasteiger partial charge in [-0.1, -0.05) is 0 Å². The van der Waals surface area contributed by atoms with Crippen LogP contribution in [0.4, 0.5) is 11.9 Å². The van der Waals surface area contributed by atoms with Gasteiger partial charge in [-0.3, -0.25) is 0 Å². The van der Waals surface area contributed by atoms with Crippen molar-refractivity contribution in [2.75, 3.05) is 62.4 Å². The predicted molar refractivity (Wildman–Crippen MR) is 100 cm³/mol. The van der Waals surface area contributed by atoms with E-state index in [1.165, 1.54) is 0 Å². The van der Waals surface area contributed by atoms with Crippen LogP contribution in [0, 0.1) is 0 Å². The number of hydrogen-bond donors (Lipinski definition) is 0. The Bertz CT molecular complexity index is 661. The molecule has 138 valence electrons. The maximum absolute atomic E-state index is 5.28. The van der Waals surface area contributed by atoms with E-state index in [-0.39, 0.29) is 0 Å². The molecular formula is C16H25BrN6O2. The lowest BCUT2D eigenvalue weighted by atomic mass is 10.4. The van der Waals surface area contributed by atoms with E-state index in [4.69, 9.17) is 9.47 Å². The van der Waals surface area contributed by atoms with Crippen molar-refractivity contribution in [3.05, 3.63) is 23.2 Å². The molecule has 8 nitrogen and oxygen atoms in total. The normalized spacial score (nSPS) is 18.0. The molecule has 4 heterocycles. The third kappa shape index (κ3) is 4.53. The number of rotatable bonds is 2. The fraction of sp³-hybridized carbons (Fsp3) is 0.625. The monoisotopic (exact) mass is 412 g/mol. The van der Waals surface area contributed by atoms with Crippen molar-refractivity contribution < 1.29 is 9.47 Å². The van der Waals surface area contributed by atoms with Gasteiger partial charge in [0.25, 0.3) is 0 Å². The Morgan fingerprint density at radius 3 is 1.88 bits per heavy atom. The molecule has 0 aromatic carbocycles. The Morgan fingerprint density at radius 2 is 1.44 bits per heavy atom. The van der Waals surface area contributed by atoms with Crippen LogP contribution in [0.3, 0.4) is 0 Å². The zero-order chi connectivity index (χ0) is 17.6. The molecule has 0 radical (unpaired) electrons. The fourth-order valence-corrected chi connectivity index (χ4v) is 3.12. The third-order valence-electron chi connectivity index (χ3n) is 4.29. The molecule has 0 atom stereocenters. The summed E-state index contributed by atoms with van der Waals surface area (Å²) < 4.78 is 15.6. The molecule has 2 fully saturated rings. The fourth-order valence-electron chi connectivity index (χ4n) is 2.86. The first-order chi connectivity index (χ1) is 12.2. The minimum Gasteiger partial charge on any atom is -0.378 e. The lowest BCUT2D eigenvalue weighted by Crippen LogP contribution is -2.37. The Hall–Kier alpha value is -1.58. The largest absolute Gasteiger partial charge is 0.378 e. The van der Waals surface area contributed by atoms with Crippen LogP contribution in [0.5, 0.6) is 0 Å². The lowest BCUT2D eigenvalue weighted by molar-refractivity contribution is 0.121. The number of halogens is 1. The van der Waals surface area contributed by atoms with Crippen LogP contribution in [0.1, 0.15) is 0 Å². The molecule has 0 saturated carbocycles. The van der Waals surface area contributed by atoms with E-state index < -0.39 is 0 Å². The van der Waals surface area contributed by atoms with Gasteiger partial charge in [0.1, 0.15) is 4.60 Å². The first-order valence-electron chi connectivity index (χ1n) is 8.46. The second kappa shape index (κ2) is 8.68. The lowest BCUT2D eigenvalue weighted by Gasteiger charge is -2.27. The molecule has 2 aromatic rings. The number of nitrogens with zero attached hydrogens (tertiary/aromatic N) is 6. The van der Waals surface area contributed by atoms with E-state index in [0.717, 1.165) is 69.1 Å². The Kier molecular flexibility index (Phi) is 6.33. The molecule has 4 rings (SSSR count). The van der Waals surface area contributed by atoms with Gasteiger partial charge in [0.05, 0.1) is 32.6 Å². The number of aromatic nitrogens is 4. The van der Waals surface area contributed by atoms with Gasteiger partial charge >= 0.3 is 0 Å². The first-order valence-corrected chi connectivity index (χ1v) is 9.26. The molecule has 0 amide bonds. The van der Waals surface area contributed by atoms with Crippen molar-refractivity contribution in [1.29, 1.82) is 0 Å². The number of hydrogen-bond acceptors (Lipinski definition) is 6. The molecule has 0 aliphatic carbocycles. The van der Waals surface area contributed by atoms with E-state index in [0.29, 0.717) is 0 Å². The molecule has 2 saturated heterocycles. The average molecular weight is 413 g/mol. The Labute approximate surface area is 156 Å².